The number of alkyl halides is 3. The molecule has 1 aromatic carbocycles. The molecule has 0 aromatic heterocycles. The molecule has 1 spiro atoms. The number of benzene rings is 1. The second-order valence-corrected chi connectivity index (χ2v) is 6.33. The van der Waals surface area contributed by atoms with Crippen molar-refractivity contribution in [1.29, 1.82) is 0 Å². The van der Waals surface area contributed by atoms with Gasteiger partial charge in [-0.3, -0.25) is 4.90 Å². The van der Waals surface area contributed by atoms with Crippen LogP contribution in [0.3, 0.4) is 0 Å². The van der Waals surface area contributed by atoms with Crippen LogP contribution in [-0.2, 0) is 0 Å². The van der Waals surface area contributed by atoms with Crippen molar-refractivity contribution in [1.82, 2.24) is 0 Å². The van der Waals surface area contributed by atoms with Gasteiger partial charge in [0, 0.05) is 6.07 Å². The number of aliphatic imine (C=N–C) groups is 2. The first-order valence-electron chi connectivity index (χ1n) is 8.19. The van der Waals surface area contributed by atoms with Gasteiger partial charge >= 0.3 is 6.18 Å². The number of anilines is 1. The zero-order valence-corrected chi connectivity index (χ0v) is 13.9. The number of guanidine groups is 2. The van der Waals surface area contributed by atoms with Gasteiger partial charge in [0.2, 0.25) is 11.9 Å². The molecule has 4 N–H and O–H groups in total. The zero-order valence-electron chi connectivity index (χ0n) is 13.9. The second kappa shape index (κ2) is 6.65. The Morgan fingerprint density at radius 1 is 1.15 bits per heavy atom. The number of ether oxygens (including phenoxy) is 1. The molecule has 1 saturated carbocycles. The van der Waals surface area contributed by atoms with E-state index in [0.717, 1.165) is 37.5 Å². The van der Waals surface area contributed by atoms with E-state index in [1.165, 1.54) is 4.90 Å². The van der Waals surface area contributed by atoms with Crippen LogP contribution in [0.5, 0.6) is 5.75 Å². The van der Waals surface area contributed by atoms with Gasteiger partial charge in [0.1, 0.15) is 17.2 Å². The van der Waals surface area contributed by atoms with E-state index in [1.54, 1.807) is 0 Å². The molecule has 0 saturated heterocycles. The Morgan fingerprint density at radius 2 is 1.85 bits per heavy atom. The third-order valence-corrected chi connectivity index (χ3v) is 4.40. The molecular formula is C16H19F4N5O. The molecule has 26 heavy (non-hydrogen) atoms. The van der Waals surface area contributed by atoms with Gasteiger partial charge in [-0.25, -0.2) is 9.38 Å². The first kappa shape index (κ1) is 18.3. The van der Waals surface area contributed by atoms with Crippen LogP contribution in [0.4, 0.5) is 23.2 Å². The summed E-state index contributed by atoms with van der Waals surface area (Å²) in [4.78, 5) is 9.77. The number of nitrogens with zero attached hydrogens (tertiary/aromatic N) is 3. The number of hydrogen-bond acceptors (Lipinski definition) is 6. The minimum absolute atomic E-state index is 0.00480. The highest BCUT2D eigenvalue weighted by molar-refractivity contribution is 6.06. The van der Waals surface area contributed by atoms with E-state index >= 15 is 0 Å². The standard InChI is InChI=1S/C16H19F4N5O/c17-10-4-5-12(26-9-16(18,19)20)11(8-10)25-14(22)23-13(21)24-15(25)6-2-1-3-7-15/h4-5,8H,1-3,6-7,9H2,(H4,21,22,23,24). The number of halogens is 4. The fraction of sp³-hybridized carbons (Fsp3) is 0.500. The maximum Gasteiger partial charge on any atom is 0.422 e. The van der Waals surface area contributed by atoms with Crippen molar-refractivity contribution in [3.05, 3.63) is 24.0 Å². The molecule has 1 heterocycles. The monoisotopic (exact) mass is 373 g/mol. The van der Waals surface area contributed by atoms with Crippen molar-refractivity contribution in [3.63, 3.8) is 0 Å². The molecule has 0 radical (unpaired) electrons. The van der Waals surface area contributed by atoms with Crippen LogP contribution in [0, 0.1) is 5.82 Å². The molecule has 0 bridgehead atoms. The Labute approximate surface area is 147 Å². The van der Waals surface area contributed by atoms with E-state index in [0.29, 0.717) is 12.8 Å². The largest absolute Gasteiger partial charge is 0.482 e. The zero-order chi connectivity index (χ0) is 18.9. The van der Waals surface area contributed by atoms with Gasteiger partial charge in [-0.2, -0.15) is 18.2 Å². The summed E-state index contributed by atoms with van der Waals surface area (Å²) < 4.78 is 56.5. The number of nitrogens with two attached hydrogens (primary N) is 2. The predicted octanol–water partition coefficient (Wildman–Crippen LogP) is 2.88. The Balaban J connectivity index is 2.05. The van der Waals surface area contributed by atoms with Gasteiger partial charge in [-0.1, -0.05) is 6.42 Å². The van der Waals surface area contributed by atoms with Gasteiger partial charge < -0.3 is 16.2 Å². The fourth-order valence-corrected chi connectivity index (χ4v) is 3.42. The van der Waals surface area contributed by atoms with Gasteiger partial charge in [0.15, 0.2) is 6.61 Å². The fourth-order valence-electron chi connectivity index (χ4n) is 3.42. The lowest BCUT2D eigenvalue weighted by atomic mass is 9.87. The average molecular weight is 373 g/mol. The van der Waals surface area contributed by atoms with E-state index in [2.05, 4.69) is 9.98 Å². The quantitative estimate of drug-likeness (QED) is 0.798. The predicted molar refractivity (Wildman–Crippen MR) is 89.5 cm³/mol. The molecule has 10 heteroatoms. The average Bonchev–Trinajstić information content (AvgIpc) is 2.53. The van der Waals surface area contributed by atoms with E-state index in [-0.39, 0.29) is 23.4 Å². The molecule has 3 rings (SSSR count). The maximum atomic E-state index is 13.9. The summed E-state index contributed by atoms with van der Waals surface area (Å²) in [6.07, 6.45) is -0.748. The summed E-state index contributed by atoms with van der Waals surface area (Å²) in [5.41, 5.74) is 10.9. The van der Waals surface area contributed by atoms with Gasteiger partial charge in [-0.05, 0) is 37.8 Å². The summed E-state index contributed by atoms with van der Waals surface area (Å²) in [6, 6.07) is 3.24. The summed E-state index contributed by atoms with van der Waals surface area (Å²) >= 11 is 0. The molecule has 0 unspecified atom stereocenters. The van der Waals surface area contributed by atoms with Crippen molar-refractivity contribution in [2.24, 2.45) is 21.5 Å². The first-order chi connectivity index (χ1) is 12.2. The first-order valence-corrected chi connectivity index (χ1v) is 8.19. The highest BCUT2D eigenvalue weighted by atomic mass is 19.4. The number of hydrogen-bond donors (Lipinski definition) is 2. The summed E-state index contributed by atoms with van der Waals surface area (Å²) in [7, 11) is 0. The van der Waals surface area contributed by atoms with Crippen LogP contribution < -0.4 is 21.1 Å². The lowest BCUT2D eigenvalue weighted by molar-refractivity contribution is -0.153. The van der Waals surface area contributed by atoms with Crippen molar-refractivity contribution in [2.75, 3.05) is 11.5 Å². The van der Waals surface area contributed by atoms with Gasteiger partial charge in [0.05, 0.1) is 5.69 Å². The van der Waals surface area contributed by atoms with E-state index in [9.17, 15) is 17.6 Å². The molecule has 1 aromatic rings. The van der Waals surface area contributed by atoms with E-state index in [4.69, 9.17) is 16.2 Å². The molecule has 2 aliphatic rings. The molecule has 0 atom stereocenters. The third-order valence-electron chi connectivity index (χ3n) is 4.40. The Bertz CT molecular complexity index is 741. The molecule has 0 amide bonds. The Hall–Kier alpha value is -2.52. The summed E-state index contributed by atoms with van der Waals surface area (Å²) in [5, 5.41) is 0. The van der Waals surface area contributed by atoms with E-state index < -0.39 is 24.3 Å². The number of rotatable bonds is 3. The highest BCUT2D eigenvalue weighted by Gasteiger charge is 2.44. The maximum absolute atomic E-state index is 13.9. The van der Waals surface area contributed by atoms with Crippen molar-refractivity contribution in [2.45, 2.75) is 43.9 Å². The lowest BCUT2D eigenvalue weighted by Crippen LogP contribution is -2.58. The summed E-state index contributed by atoms with van der Waals surface area (Å²) in [6.45, 7) is -1.51. The molecule has 1 aliphatic carbocycles. The normalized spacial score (nSPS) is 19.9. The molecule has 1 fully saturated rings. The Kier molecular flexibility index (Phi) is 4.68. The topological polar surface area (TPSA) is 89.2 Å². The van der Waals surface area contributed by atoms with Crippen LogP contribution >= 0.6 is 0 Å². The van der Waals surface area contributed by atoms with Crippen molar-refractivity contribution < 1.29 is 22.3 Å². The van der Waals surface area contributed by atoms with Crippen LogP contribution in [0.25, 0.3) is 0 Å². The van der Waals surface area contributed by atoms with Gasteiger partial charge in [-0.15, -0.1) is 0 Å². The molecule has 1 aliphatic heterocycles. The SMILES string of the molecule is NC1=NC2(CCCCC2)N(c2cc(F)ccc2OCC(F)(F)F)C(N)=N1. The van der Waals surface area contributed by atoms with Crippen LogP contribution in [-0.4, -0.2) is 30.4 Å². The third kappa shape index (κ3) is 3.68. The minimum Gasteiger partial charge on any atom is -0.482 e. The van der Waals surface area contributed by atoms with Crippen molar-refractivity contribution in [3.8, 4) is 5.75 Å². The van der Waals surface area contributed by atoms with Gasteiger partial charge in [0.25, 0.3) is 0 Å². The highest BCUT2D eigenvalue weighted by Crippen LogP contribution is 2.43. The lowest BCUT2D eigenvalue weighted by Gasteiger charge is -2.45. The molecule has 142 valence electrons. The van der Waals surface area contributed by atoms with Crippen LogP contribution in [0.2, 0.25) is 0 Å². The van der Waals surface area contributed by atoms with E-state index in [1.807, 2.05) is 0 Å². The second-order valence-electron chi connectivity index (χ2n) is 6.33. The van der Waals surface area contributed by atoms with Crippen molar-refractivity contribution >= 4 is 17.6 Å². The smallest absolute Gasteiger partial charge is 0.422 e. The molecule has 6 nitrogen and oxygen atoms in total. The minimum atomic E-state index is -4.53. The van der Waals surface area contributed by atoms with Crippen LogP contribution in [0.1, 0.15) is 32.1 Å². The Morgan fingerprint density at radius 3 is 2.50 bits per heavy atom. The summed E-state index contributed by atoms with van der Waals surface area (Å²) in [5.74, 6) is -0.847. The molecular weight excluding hydrogens is 354 g/mol. The van der Waals surface area contributed by atoms with Crippen LogP contribution in [0.15, 0.2) is 28.2 Å².